The average Bonchev–Trinajstić information content (AvgIpc) is 2.92. The number of nitrogens with zero attached hydrogens (tertiary/aromatic N) is 1. The van der Waals surface area contributed by atoms with Gasteiger partial charge in [0.1, 0.15) is 6.10 Å². The number of hydrogen-bond acceptors (Lipinski definition) is 3. The fraction of sp³-hybridized carbons (Fsp3) is 0.286. The smallest absolute Gasteiger partial charge is 0.253 e. The van der Waals surface area contributed by atoms with Gasteiger partial charge in [-0.05, 0) is 25.0 Å². The Bertz CT molecular complexity index is 624. The Morgan fingerprint density at radius 3 is 3.11 bits per heavy atom. The van der Waals surface area contributed by atoms with Crippen LogP contribution in [0.25, 0.3) is 10.8 Å². The third kappa shape index (κ3) is 2.55. The molecule has 0 saturated carbocycles. The number of halogens is 1. The molecule has 5 heteroatoms. The summed E-state index contributed by atoms with van der Waals surface area (Å²) in [6, 6.07) is 5.50. The molecule has 1 unspecified atom stereocenters. The Labute approximate surface area is 115 Å². The van der Waals surface area contributed by atoms with E-state index < -0.39 is 0 Å². The molecule has 0 aliphatic carbocycles. The van der Waals surface area contributed by atoms with E-state index in [4.69, 9.17) is 16.3 Å². The van der Waals surface area contributed by atoms with Gasteiger partial charge < -0.3 is 10.1 Å². The lowest BCUT2D eigenvalue weighted by Gasteiger charge is -2.12. The molecule has 0 radical (unpaired) electrons. The van der Waals surface area contributed by atoms with Crippen LogP contribution in [0, 0.1) is 0 Å². The summed E-state index contributed by atoms with van der Waals surface area (Å²) in [7, 11) is 0. The zero-order chi connectivity index (χ0) is 13.2. The van der Waals surface area contributed by atoms with Crippen LogP contribution >= 0.6 is 11.6 Å². The first kappa shape index (κ1) is 12.4. The maximum Gasteiger partial charge on any atom is 0.253 e. The molecule has 1 saturated heterocycles. The quantitative estimate of drug-likeness (QED) is 0.917. The summed E-state index contributed by atoms with van der Waals surface area (Å²) >= 11 is 5.95. The van der Waals surface area contributed by atoms with E-state index in [-0.39, 0.29) is 12.0 Å². The van der Waals surface area contributed by atoms with Gasteiger partial charge in [0.05, 0.1) is 11.9 Å². The first-order valence-electron chi connectivity index (χ1n) is 6.20. The fourth-order valence-electron chi connectivity index (χ4n) is 2.24. The van der Waals surface area contributed by atoms with Crippen LogP contribution in [0.1, 0.15) is 12.8 Å². The molecule has 1 aromatic carbocycles. The number of anilines is 1. The number of pyridine rings is 1. The largest absolute Gasteiger partial charge is 0.368 e. The molecule has 1 atom stereocenters. The number of hydrogen-bond donors (Lipinski definition) is 1. The number of ether oxygens (including phenoxy) is 1. The summed E-state index contributed by atoms with van der Waals surface area (Å²) in [4.78, 5) is 16.2. The molecule has 98 valence electrons. The van der Waals surface area contributed by atoms with Gasteiger partial charge in [-0.25, -0.2) is 0 Å². The molecule has 0 spiro atoms. The molecule has 1 aliphatic heterocycles. The average molecular weight is 277 g/mol. The molecule has 1 N–H and O–H groups in total. The Kier molecular flexibility index (Phi) is 3.36. The zero-order valence-corrected chi connectivity index (χ0v) is 11.0. The number of nitrogens with one attached hydrogen (secondary N) is 1. The highest BCUT2D eigenvalue weighted by atomic mass is 35.5. The summed E-state index contributed by atoms with van der Waals surface area (Å²) in [5.41, 5.74) is 0.690. The van der Waals surface area contributed by atoms with Gasteiger partial charge in [-0.2, -0.15) is 0 Å². The predicted octanol–water partition coefficient (Wildman–Crippen LogP) is 3.01. The van der Waals surface area contributed by atoms with E-state index in [0.717, 1.165) is 23.6 Å². The van der Waals surface area contributed by atoms with Crippen molar-refractivity contribution in [1.82, 2.24) is 4.98 Å². The third-order valence-corrected chi connectivity index (χ3v) is 3.44. The second-order valence-corrected chi connectivity index (χ2v) is 4.98. The number of benzene rings is 1. The van der Waals surface area contributed by atoms with Crippen LogP contribution in [-0.2, 0) is 9.53 Å². The predicted molar refractivity (Wildman–Crippen MR) is 74.4 cm³/mol. The van der Waals surface area contributed by atoms with E-state index in [1.165, 1.54) is 0 Å². The minimum absolute atomic E-state index is 0.109. The topological polar surface area (TPSA) is 51.2 Å². The van der Waals surface area contributed by atoms with Gasteiger partial charge in [0.2, 0.25) is 0 Å². The minimum atomic E-state index is -0.345. The molecule has 3 rings (SSSR count). The van der Waals surface area contributed by atoms with Crippen LogP contribution in [0.5, 0.6) is 0 Å². The van der Waals surface area contributed by atoms with Crippen LogP contribution in [0.3, 0.4) is 0 Å². The highest BCUT2D eigenvalue weighted by Gasteiger charge is 2.23. The van der Waals surface area contributed by atoms with Gasteiger partial charge in [-0.15, -0.1) is 0 Å². The highest BCUT2D eigenvalue weighted by Crippen LogP contribution is 2.25. The number of aromatic nitrogens is 1. The second-order valence-electron chi connectivity index (χ2n) is 4.54. The summed E-state index contributed by atoms with van der Waals surface area (Å²) in [5, 5.41) is 5.35. The van der Waals surface area contributed by atoms with Gasteiger partial charge in [0, 0.05) is 28.6 Å². The van der Waals surface area contributed by atoms with E-state index in [0.29, 0.717) is 17.3 Å². The Hall–Kier alpha value is -1.65. The molecule has 19 heavy (non-hydrogen) atoms. The van der Waals surface area contributed by atoms with Crippen LogP contribution in [0.2, 0.25) is 5.02 Å². The van der Waals surface area contributed by atoms with E-state index in [1.807, 2.05) is 12.1 Å². The van der Waals surface area contributed by atoms with Crippen molar-refractivity contribution in [3.8, 4) is 0 Å². The van der Waals surface area contributed by atoms with Crippen molar-refractivity contribution in [1.29, 1.82) is 0 Å². The van der Waals surface area contributed by atoms with Crippen LogP contribution < -0.4 is 5.32 Å². The van der Waals surface area contributed by atoms with Crippen LogP contribution in [0.4, 0.5) is 5.69 Å². The molecule has 1 aromatic heterocycles. The van der Waals surface area contributed by atoms with E-state index >= 15 is 0 Å². The molecule has 4 nitrogen and oxygen atoms in total. The molecule has 2 heterocycles. The molecular weight excluding hydrogens is 264 g/mol. The Morgan fingerprint density at radius 1 is 1.42 bits per heavy atom. The molecule has 1 amide bonds. The first-order chi connectivity index (χ1) is 9.24. The molecular formula is C14H13ClN2O2. The number of carbonyl (C=O) groups excluding carboxylic acids is 1. The van der Waals surface area contributed by atoms with E-state index in [1.54, 1.807) is 18.5 Å². The monoisotopic (exact) mass is 276 g/mol. The van der Waals surface area contributed by atoms with Crippen LogP contribution in [-0.4, -0.2) is 23.6 Å². The maximum absolute atomic E-state index is 12.0. The number of amides is 1. The van der Waals surface area contributed by atoms with Crippen molar-refractivity contribution in [3.05, 3.63) is 35.6 Å². The van der Waals surface area contributed by atoms with Crippen molar-refractivity contribution in [2.45, 2.75) is 18.9 Å². The Balaban J connectivity index is 1.90. The standard InChI is InChI=1S/C14H13ClN2O2/c15-10-3-4-11-9(6-10)7-16-8-12(11)17-14(18)13-2-1-5-19-13/h3-4,6-8,13H,1-2,5H2,(H,17,18). The third-order valence-electron chi connectivity index (χ3n) is 3.20. The highest BCUT2D eigenvalue weighted by molar-refractivity contribution is 6.31. The summed E-state index contributed by atoms with van der Waals surface area (Å²) < 4.78 is 5.36. The lowest BCUT2D eigenvalue weighted by atomic mass is 10.1. The van der Waals surface area contributed by atoms with Crippen molar-refractivity contribution in [2.75, 3.05) is 11.9 Å². The van der Waals surface area contributed by atoms with Crippen molar-refractivity contribution < 1.29 is 9.53 Å². The summed E-state index contributed by atoms with van der Waals surface area (Å²) in [6.07, 6.45) is 4.73. The molecule has 0 bridgehead atoms. The maximum atomic E-state index is 12.0. The zero-order valence-electron chi connectivity index (χ0n) is 10.2. The molecule has 1 aliphatic rings. The van der Waals surface area contributed by atoms with Gasteiger partial charge in [-0.1, -0.05) is 17.7 Å². The summed E-state index contributed by atoms with van der Waals surface area (Å²) in [6.45, 7) is 0.654. The normalized spacial score (nSPS) is 18.7. The number of fused-ring (bicyclic) bond motifs is 1. The molecule has 2 aromatic rings. The second kappa shape index (κ2) is 5.15. The number of rotatable bonds is 2. The molecule has 1 fully saturated rings. The fourth-order valence-corrected chi connectivity index (χ4v) is 2.43. The number of carbonyl (C=O) groups is 1. The lowest BCUT2D eigenvalue weighted by molar-refractivity contribution is -0.124. The SMILES string of the molecule is O=C(Nc1cncc2cc(Cl)ccc12)C1CCCO1. The van der Waals surface area contributed by atoms with Gasteiger partial charge in [0.15, 0.2) is 0 Å². The van der Waals surface area contributed by atoms with E-state index in [2.05, 4.69) is 10.3 Å². The van der Waals surface area contributed by atoms with Crippen molar-refractivity contribution in [3.63, 3.8) is 0 Å². The van der Waals surface area contributed by atoms with Crippen molar-refractivity contribution in [2.24, 2.45) is 0 Å². The summed E-state index contributed by atoms with van der Waals surface area (Å²) in [5.74, 6) is -0.109. The minimum Gasteiger partial charge on any atom is -0.368 e. The van der Waals surface area contributed by atoms with Crippen LogP contribution in [0.15, 0.2) is 30.6 Å². The van der Waals surface area contributed by atoms with Gasteiger partial charge in [0.25, 0.3) is 5.91 Å². The van der Waals surface area contributed by atoms with Gasteiger partial charge in [-0.3, -0.25) is 9.78 Å². The lowest BCUT2D eigenvalue weighted by Crippen LogP contribution is -2.26. The van der Waals surface area contributed by atoms with Gasteiger partial charge >= 0.3 is 0 Å². The first-order valence-corrected chi connectivity index (χ1v) is 6.57. The van der Waals surface area contributed by atoms with E-state index in [9.17, 15) is 4.79 Å². The van der Waals surface area contributed by atoms with Crippen molar-refractivity contribution >= 4 is 34.0 Å². The Morgan fingerprint density at radius 2 is 2.32 bits per heavy atom.